The summed E-state index contributed by atoms with van der Waals surface area (Å²) in [6, 6.07) is 10.3. The van der Waals surface area contributed by atoms with Crippen LogP contribution in [0.25, 0.3) is 0 Å². The zero-order valence-electron chi connectivity index (χ0n) is 10.8. The fourth-order valence-corrected chi connectivity index (χ4v) is 1.84. The first-order valence-corrected chi connectivity index (χ1v) is 5.85. The first-order valence-electron chi connectivity index (χ1n) is 5.85. The summed E-state index contributed by atoms with van der Waals surface area (Å²) in [6.07, 6.45) is 0. The Kier molecular flexibility index (Phi) is 3.42. The number of rotatable bonds is 3. The van der Waals surface area contributed by atoms with Gasteiger partial charge in [0, 0.05) is 5.69 Å². The van der Waals surface area contributed by atoms with Crippen LogP contribution in [0.3, 0.4) is 0 Å². The molecule has 2 rings (SSSR count). The maximum Gasteiger partial charge on any atom is 0.339 e. The lowest BCUT2D eigenvalue weighted by atomic mass is 10.1. The van der Waals surface area contributed by atoms with E-state index in [1.54, 1.807) is 12.1 Å². The van der Waals surface area contributed by atoms with Gasteiger partial charge in [-0.2, -0.15) is 0 Å². The molecule has 4 nitrogen and oxygen atoms in total. The molecule has 19 heavy (non-hydrogen) atoms. The summed E-state index contributed by atoms with van der Waals surface area (Å²) in [6.45, 7) is 3.91. The van der Waals surface area contributed by atoms with Crippen molar-refractivity contribution in [2.24, 2.45) is 0 Å². The summed E-state index contributed by atoms with van der Waals surface area (Å²) in [5, 5.41) is 9.15. The number of carbonyl (C=O) groups is 1. The molecule has 0 fully saturated rings. The van der Waals surface area contributed by atoms with Crippen LogP contribution in [0.4, 0.5) is 5.69 Å². The van der Waals surface area contributed by atoms with Gasteiger partial charge in [0.25, 0.3) is 0 Å². The van der Waals surface area contributed by atoms with Gasteiger partial charge in [-0.3, -0.25) is 0 Å². The second-order valence-corrected chi connectivity index (χ2v) is 4.43. The molecule has 0 spiro atoms. The molecule has 0 atom stereocenters. The van der Waals surface area contributed by atoms with Gasteiger partial charge in [-0.25, -0.2) is 4.79 Å². The average molecular weight is 257 g/mol. The molecular formula is C15H15NO3. The third-order valence-corrected chi connectivity index (χ3v) is 2.78. The van der Waals surface area contributed by atoms with Crippen molar-refractivity contribution in [1.29, 1.82) is 0 Å². The van der Waals surface area contributed by atoms with Crippen molar-refractivity contribution in [2.75, 3.05) is 5.73 Å². The highest BCUT2D eigenvalue weighted by Crippen LogP contribution is 2.29. The number of carboxylic acids is 1. The minimum atomic E-state index is -1.06. The lowest BCUT2D eigenvalue weighted by Crippen LogP contribution is -2.02. The Morgan fingerprint density at radius 1 is 1.11 bits per heavy atom. The number of aryl methyl sites for hydroxylation is 2. The minimum Gasteiger partial charge on any atom is -0.478 e. The van der Waals surface area contributed by atoms with Crippen LogP contribution in [-0.2, 0) is 0 Å². The van der Waals surface area contributed by atoms with Crippen LogP contribution in [0, 0.1) is 13.8 Å². The number of benzene rings is 2. The normalized spacial score (nSPS) is 10.2. The Balaban J connectivity index is 2.40. The van der Waals surface area contributed by atoms with Crippen LogP contribution in [-0.4, -0.2) is 11.1 Å². The predicted octanol–water partition coefficient (Wildman–Crippen LogP) is 3.38. The van der Waals surface area contributed by atoms with E-state index in [4.69, 9.17) is 15.6 Å². The fourth-order valence-electron chi connectivity index (χ4n) is 1.84. The molecule has 0 aliphatic rings. The van der Waals surface area contributed by atoms with Gasteiger partial charge >= 0.3 is 5.97 Å². The Morgan fingerprint density at radius 2 is 1.79 bits per heavy atom. The number of carboxylic acid groups (broad SMARTS) is 1. The average Bonchev–Trinajstić information content (AvgIpc) is 2.34. The Bertz CT molecular complexity index is 635. The number of nitrogen functional groups attached to an aromatic ring is 1. The molecule has 2 aromatic carbocycles. The van der Waals surface area contributed by atoms with E-state index < -0.39 is 5.97 Å². The van der Waals surface area contributed by atoms with Crippen LogP contribution >= 0.6 is 0 Å². The standard InChI is InChI=1S/C15H15NO3/c1-9-3-5-13(10(2)7-9)19-14-6-4-11(16)8-12(14)15(17)18/h3-8H,16H2,1-2H3,(H,17,18). The molecule has 98 valence electrons. The first kappa shape index (κ1) is 13.0. The Hall–Kier alpha value is -2.49. The third-order valence-electron chi connectivity index (χ3n) is 2.78. The van der Waals surface area contributed by atoms with E-state index >= 15 is 0 Å². The Morgan fingerprint density at radius 3 is 2.42 bits per heavy atom. The van der Waals surface area contributed by atoms with Crippen molar-refractivity contribution in [3.63, 3.8) is 0 Å². The maximum atomic E-state index is 11.2. The van der Waals surface area contributed by atoms with E-state index in [1.165, 1.54) is 6.07 Å². The largest absolute Gasteiger partial charge is 0.478 e. The Labute approximate surface area is 111 Å². The molecule has 0 amide bonds. The summed E-state index contributed by atoms with van der Waals surface area (Å²) in [5.74, 6) is -0.140. The molecule has 0 aliphatic heterocycles. The highest BCUT2D eigenvalue weighted by Gasteiger charge is 2.13. The minimum absolute atomic E-state index is 0.0555. The van der Waals surface area contributed by atoms with E-state index in [1.807, 2.05) is 32.0 Å². The van der Waals surface area contributed by atoms with Crippen molar-refractivity contribution in [3.8, 4) is 11.5 Å². The summed E-state index contributed by atoms with van der Waals surface area (Å²) in [4.78, 5) is 11.2. The topological polar surface area (TPSA) is 72.5 Å². The van der Waals surface area contributed by atoms with E-state index in [0.29, 0.717) is 11.4 Å². The molecule has 0 saturated heterocycles. The monoisotopic (exact) mass is 257 g/mol. The molecule has 4 heteroatoms. The van der Waals surface area contributed by atoms with Crippen molar-refractivity contribution in [3.05, 3.63) is 53.1 Å². The zero-order chi connectivity index (χ0) is 14.0. The second kappa shape index (κ2) is 5.02. The highest BCUT2D eigenvalue weighted by molar-refractivity contribution is 5.92. The zero-order valence-corrected chi connectivity index (χ0v) is 10.8. The number of aromatic carboxylic acids is 1. The quantitative estimate of drug-likeness (QED) is 0.827. The van der Waals surface area contributed by atoms with Gasteiger partial charge in [-0.15, -0.1) is 0 Å². The van der Waals surface area contributed by atoms with Crippen molar-refractivity contribution < 1.29 is 14.6 Å². The third kappa shape index (κ3) is 2.85. The molecule has 0 aromatic heterocycles. The number of anilines is 1. The van der Waals surface area contributed by atoms with Crippen molar-refractivity contribution >= 4 is 11.7 Å². The van der Waals surface area contributed by atoms with Crippen molar-refractivity contribution in [1.82, 2.24) is 0 Å². The molecule has 0 radical (unpaired) electrons. The maximum absolute atomic E-state index is 11.2. The van der Waals surface area contributed by atoms with Gasteiger partial charge in [-0.1, -0.05) is 17.7 Å². The van der Waals surface area contributed by atoms with E-state index in [0.717, 1.165) is 11.1 Å². The lowest BCUT2D eigenvalue weighted by molar-refractivity contribution is 0.0694. The fraction of sp³-hybridized carbons (Fsp3) is 0.133. The smallest absolute Gasteiger partial charge is 0.339 e. The molecule has 0 aliphatic carbocycles. The summed E-state index contributed by atoms with van der Waals surface area (Å²) >= 11 is 0. The second-order valence-electron chi connectivity index (χ2n) is 4.43. The molecule has 0 heterocycles. The van der Waals surface area contributed by atoms with Crippen LogP contribution in [0.1, 0.15) is 21.5 Å². The van der Waals surface area contributed by atoms with E-state index in [-0.39, 0.29) is 11.3 Å². The number of hydrogen-bond acceptors (Lipinski definition) is 3. The molecule has 0 unspecified atom stereocenters. The number of nitrogens with two attached hydrogens (primary N) is 1. The molecule has 2 aromatic rings. The van der Waals surface area contributed by atoms with Gasteiger partial charge in [0.05, 0.1) is 0 Å². The predicted molar refractivity (Wildman–Crippen MR) is 73.8 cm³/mol. The highest BCUT2D eigenvalue weighted by atomic mass is 16.5. The lowest BCUT2D eigenvalue weighted by Gasteiger charge is -2.12. The van der Waals surface area contributed by atoms with Crippen LogP contribution in [0.2, 0.25) is 0 Å². The SMILES string of the molecule is Cc1ccc(Oc2ccc(N)cc2C(=O)O)c(C)c1. The van der Waals surface area contributed by atoms with Crippen LogP contribution < -0.4 is 10.5 Å². The van der Waals surface area contributed by atoms with Gasteiger partial charge in [-0.05, 0) is 43.7 Å². The summed E-state index contributed by atoms with van der Waals surface area (Å²) < 4.78 is 5.68. The summed E-state index contributed by atoms with van der Waals surface area (Å²) in [7, 11) is 0. The molecule has 0 saturated carbocycles. The molecule has 0 bridgehead atoms. The molecular weight excluding hydrogens is 242 g/mol. The van der Waals surface area contributed by atoms with Gasteiger partial charge in [0.15, 0.2) is 0 Å². The molecule has 3 N–H and O–H groups in total. The van der Waals surface area contributed by atoms with Gasteiger partial charge < -0.3 is 15.6 Å². The van der Waals surface area contributed by atoms with Crippen LogP contribution in [0.5, 0.6) is 11.5 Å². The van der Waals surface area contributed by atoms with E-state index in [2.05, 4.69) is 0 Å². The number of ether oxygens (including phenoxy) is 1. The summed E-state index contributed by atoms with van der Waals surface area (Å²) in [5.41, 5.74) is 8.12. The van der Waals surface area contributed by atoms with Crippen molar-refractivity contribution in [2.45, 2.75) is 13.8 Å². The number of hydrogen-bond donors (Lipinski definition) is 2. The van der Waals surface area contributed by atoms with Crippen LogP contribution in [0.15, 0.2) is 36.4 Å². The van der Waals surface area contributed by atoms with E-state index in [9.17, 15) is 4.79 Å². The van der Waals surface area contributed by atoms with Gasteiger partial charge in [0.1, 0.15) is 17.1 Å². The van der Waals surface area contributed by atoms with Gasteiger partial charge in [0.2, 0.25) is 0 Å². The first-order chi connectivity index (χ1) is 8.97.